The van der Waals surface area contributed by atoms with Gasteiger partial charge in [0.2, 0.25) is 0 Å². The minimum Gasteiger partial charge on any atom is -0.485 e. The summed E-state index contributed by atoms with van der Waals surface area (Å²) in [4.78, 5) is 25.1. The van der Waals surface area contributed by atoms with E-state index in [0.29, 0.717) is 23.3 Å². The highest BCUT2D eigenvalue weighted by Crippen LogP contribution is 2.38. The van der Waals surface area contributed by atoms with Crippen molar-refractivity contribution in [2.75, 3.05) is 20.1 Å². The number of aliphatic carboxylic acids is 1. The Balaban J connectivity index is 1.89. The highest BCUT2D eigenvalue weighted by Gasteiger charge is 2.44. The van der Waals surface area contributed by atoms with Crippen LogP contribution in [0.25, 0.3) is 6.08 Å². The summed E-state index contributed by atoms with van der Waals surface area (Å²) in [6, 6.07) is 5.22. The minimum absolute atomic E-state index is 0.0668. The quantitative estimate of drug-likeness (QED) is 0.840. The van der Waals surface area contributed by atoms with Crippen molar-refractivity contribution in [3.63, 3.8) is 0 Å². The largest absolute Gasteiger partial charge is 0.485 e. The number of hydrogen-bond donors (Lipinski definition) is 1. The first-order valence-corrected chi connectivity index (χ1v) is 6.93. The van der Waals surface area contributed by atoms with E-state index >= 15 is 0 Å². The summed E-state index contributed by atoms with van der Waals surface area (Å²) in [5.74, 6) is -0.339. The Bertz CT molecular complexity index is 637. The lowest BCUT2D eigenvalue weighted by Crippen LogP contribution is -2.44. The predicted molar refractivity (Wildman–Crippen MR) is 77.5 cm³/mol. The number of carboxylic acids is 1. The second-order valence-electron chi connectivity index (χ2n) is 5.80. The zero-order chi connectivity index (χ0) is 15.0. The summed E-state index contributed by atoms with van der Waals surface area (Å²) in [7, 11) is 2.03. The van der Waals surface area contributed by atoms with Gasteiger partial charge in [0, 0.05) is 25.6 Å². The van der Waals surface area contributed by atoms with Crippen molar-refractivity contribution in [2.24, 2.45) is 0 Å². The zero-order valence-corrected chi connectivity index (χ0v) is 11.8. The molecule has 0 saturated carbocycles. The molecule has 1 N–H and O–H groups in total. The van der Waals surface area contributed by atoms with Gasteiger partial charge in [0.25, 0.3) is 0 Å². The summed E-state index contributed by atoms with van der Waals surface area (Å²) >= 11 is 0. The van der Waals surface area contributed by atoms with E-state index in [-0.39, 0.29) is 5.78 Å². The fraction of sp³-hybridized carbons (Fsp3) is 0.375. The van der Waals surface area contributed by atoms with Crippen LogP contribution in [0.4, 0.5) is 0 Å². The van der Waals surface area contributed by atoms with Crippen LogP contribution < -0.4 is 4.74 Å². The predicted octanol–water partition coefficient (Wildman–Crippen LogP) is 1.82. The van der Waals surface area contributed by atoms with Crippen LogP contribution in [-0.4, -0.2) is 47.5 Å². The normalized spacial score (nSPS) is 25.3. The van der Waals surface area contributed by atoms with Crippen LogP contribution in [0.5, 0.6) is 5.75 Å². The fourth-order valence-electron chi connectivity index (χ4n) is 3.06. The smallest absolute Gasteiger partial charge is 0.328 e. The molecule has 21 heavy (non-hydrogen) atoms. The van der Waals surface area contributed by atoms with Crippen molar-refractivity contribution in [2.45, 2.75) is 18.4 Å². The van der Waals surface area contributed by atoms with Crippen LogP contribution in [0.1, 0.15) is 28.8 Å². The van der Waals surface area contributed by atoms with E-state index in [1.807, 2.05) is 7.05 Å². The fourth-order valence-corrected chi connectivity index (χ4v) is 3.06. The molecule has 2 heterocycles. The number of ketones is 1. The molecule has 3 rings (SSSR count). The standard InChI is InChI=1S/C16H17NO4/c1-17-7-6-16(10-17)9-13(18)12-8-11(3-5-15(19)20)2-4-14(12)21-16/h2-5,8H,6-7,9-10H2,1H3,(H,19,20)/b5-3+. The van der Waals surface area contributed by atoms with E-state index in [1.54, 1.807) is 18.2 Å². The third-order valence-electron chi connectivity index (χ3n) is 4.04. The molecular weight excluding hydrogens is 270 g/mol. The Morgan fingerprint density at radius 3 is 2.95 bits per heavy atom. The molecule has 0 amide bonds. The first-order valence-electron chi connectivity index (χ1n) is 6.93. The highest BCUT2D eigenvalue weighted by atomic mass is 16.5. The van der Waals surface area contributed by atoms with E-state index < -0.39 is 11.6 Å². The van der Waals surface area contributed by atoms with Crippen molar-refractivity contribution in [3.8, 4) is 5.75 Å². The van der Waals surface area contributed by atoms with Gasteiger partial charge in [-0.2, -0.15) is 0 Å². The Labute approximate surface area is 122 Å². The van der Waals surface area contributed by atoms with Gasteiger partial charge in [-0.05, 0) is 30.8 Å². The molecule has 1 atom stereocenters. The molecule has 1 aromatic carbocycles. The number of carbonyl (C=O) groups excluding carboxylic acids is 1. The number of likely N-dealkylation sites (tertiary alicyclic amines) is 1. The van der Waals surface area contributed by atoms with Crippen LogP contribution in [0.2, 0.25) is 0 Å². The van der Waals surface area contributed by atoms with Crippen LogP contribution in [-0.2, 0) is 4.79 Å². The first kappa shape index (κ1) is 13.8. The van der Waals surface area contributed by atoms with E-state index in [2.05, 4.69) is 4.90 Å². The van der Waals surface area contributed by atoms with Gasteiger partial charge < -0.3 is 14.7 Å². The maximum atomic E-state index is 12.4. The average molecular weight is 287 g/mol. The van der Waals surface area contributed by atoms with E-state index in [4.69, 9.17) is 9.84 Å². The van der Waals surface area contributed by atoms with Gasteiger partial charge in [0.15, 0.2) is 5.78 Å². The second-order valence-corrected chi connectivity index (χ2v) is 5.80. The number of carbonyl (C=O) groups is 2. The van der Waals surface area contributed by atoms with E-state index in [0.717, 1.165) is 25.6 Å². The molecule has 1 saturated heterocycles. The number of Topliss-reactive ketones (excluding diaryl/α,β-unsaturated/α-hetero) is 1. The third-order valence-corrected chi connectivity index (χ3v) is 4.04. The lowest BCUT2D eigenvalue weighted by Gasteiger charge is -2.34. The summed E-state index contributed by atoms with van der Waals surface area (Å²) < 4.78 is 6.10. The maximum absolute atomic E-state index is 12.4. The zero-order valence-electron chi connectivity index (χ0n) is 11.8. The Kier molecular flexibility index (Phi) is 3.29. The maximum Gasteiger partial charge on any atom is 0.328 e. The Morgan fingerprint density at radius 1 is 1.48 bits per heavy atom. The summed E-state index contributed by atoms with van der Waals surface area (Å²) in [6.45, 7) is 1.70. The lowest BCUT2D eigenvalue weighted by molar-refractivity contribution is -0.131. The summed E-state index contributed by atoms with van der Waals surface area (Å²) in [5.41, 5.74) is 0.840. The van der Waals surface area contributed by atoms with Gasteiger partial charge in [0.05, 0.1) is 12.0 Å². The van der Waals surface area contributed by atoms with Gasteiger partial charge >= 0.3 is 5.97 Å². The third kappa shape index (κ3) is 2.69. The monoisotopic (exact) mass is 287 g/mol. The van der Waals surface area contributed by atoms with Crippen LogP contribution in [0, 0.1) is 0 Å². The van der Waals surface area contributed by atoms with Crippen LogP contribution >= 0.6 is 0 Å². The molecular formula is C16H17NO4. The second kappa shape index (κ2) is 5.00. The molecule has 0 aliphatic carbocycles. The van der Waals surface area contributed by atoms with E-state index in [9.17, 15) is 9.59 Å². The summed E-state index contributed by atoms with van der Waals surface area (Å²) in [6.07, 6.45) is 3.78. The number of likely N-dealkylation sites (N-methyl/N-ethyl adjacent to an activating group) is 1. The molecule has 5 heteroatoms. The number of ether oxygens (including phenoxy) is 1. The number of fused-ring (bicyclic) bond motifs is 1. The molecule has 2 aliphatic rings. The molecule has 1 spiro atoms. The molecule has 0 radical (unpaired) electrons. The van der Waals surface area contributed by atoms with Crippen molar-refractivity contribution in [3.05, 3.63) is 35.4 Å². The van der Waals surface area contributed by atoms with Gasteiger partial charge in [-0.15, -0.1) is 0 Å². The average Bonchev–Trinajstić information content (AvgIpc) is 2.77. The number of carboxylic acid groups (broad SMARTS) is 1. The lowest BCUT2D eigenvalue weighted by atomic mass is 9.88. The van der Waals surface area contributed by atoms with Crippen LogP contribution in [0.3, 0.4) is 0 Å². The van der Waals surface area contributed by atoms with Crippen LogP contribution in [0.15, 0.2) is 24.3 Å². The molecule has 110 valence electrons. The molecule has 1 fully saturated rings. The number of nitrogens with zero attached hydrogens (tertiary/aromatic N) is 1. The Hall–Kier alpha value is -2.14. The van der Waals surface area contributed by atoms with Crippen molar-refractivity contribution in [1.82, 2.24) is 4.90 Å². The van der Waals surface area contributed by atoms with E-state index in [1.165, 1.54) is 6.08 Å². The molecule has 1 unspecified atom stereocenters. The molecule has 0 aromatic heterocycles. The first-order chi connectivity index (χ1) is 9.97. The van der Waals surface area contributed by atoms with Crippen molar-refractivity contribution < 1.29 is 19.4 Å². The number of hydrogen-bond acceptors (Lipinski definition) is 4. The van der Waals surface area contributed by atoms with Gasteiger partial charge in [-0.25, -0.2) is 4.79 Å². The topological polar surface area (TPSA) is 66.8 Å². The van der Waals surface area contributed by atoms with Crippen molar-refractivity contribution >= 4 is 17.8 Å². The molecule has 2 aliphatic heterocycles. The molecule has 1 aromatic rings. The van der Waals surface area contributed by atoms with Gasteiger partial charge in [-0.1, -0.05) is 6.07 Å². The number of rotatable bonds is 2. The highest BCUT2D eigenvalue weighted by molar-refractivity contribution is 6.01. The van der Waals surface area contributed by atoms with Gasteiger partial charge in [-0.3, -0.25) is 4.79 Å². The number of benzene rings is 1. The van der Waals surface area contributed by atoms with Gasteiger partial charge in [0.1, 0.15) is 11.4 Å². The minimum atomic E-state index is -1.01. The molecule has 0 bridgehead atoms. The summed E-state index contributed by atoms with van der Waals surface area (Å²) in [5, 5.41) is 8.65. The SMILES string of the molecule is CN1CCC2(CC(=O)c3cc(/C=C/C(=O)O)ccc3O2)C1. The Morgan fingerprint density at radius 2 is 2.29 bits per heavy atom. The molecule has 5 nitrogen and oxygen atoms in total. The van der Waals surface area contributed by atoms with Crippen molar-refractivity contribution in [1.29, 1.82) is 0 Å².